The van der Waals surface area contributed by atoms with Crippen LogP contribution in [0.25, 0.3) is 0 Å². The van der Waals surface area contributed by atoms with E-state index in [1.807, 2.05) is 6.92 Å². The summed E-state index contributed by atoms with van der Waals surface area (Å²) in [6, 6.07) is 3.28. The summed E-state index contributed by atoms with van der Waals surface area (Å²) in [6.07, 6.45) is 0. The Hall–Kier alpha value is -1.02. The molecule has 0 amide bonds. The minimum Gasteiger partial charge on any atom is -0.478 e. The van der Waals surface area contributed by atoms with Crippen LogP contribution in [0.5, 0.6) is 0 Å². The van der Waals surface area contributed by atoms with Gasteiger partial charge in [-0.3, -0.25) is 0 Å². The zero-order valence-electron chi connectivity index (χ0n) is 6.89. The van der Waals surface area contributed by atoms with E-state index in [1.54, 1.807) is 19.1 Å². The van der Waals surface area contributed by atoms with Crippen LogP contribution in [-0.4, -0.2) is 11.1 Å². The lowest BCUT2D eigenvalue weighted by atomic mass is 10.1. The number of aromatic carboxylic acids is 1. The maximum atomic E-state index is 10.6. The molecule has 0 fully saturated rings. The van der Waals surface area contributed by atoms with Crippen molar-refractivity contribution < 1.29 is 9.90 Å². The highest BCUT2D eigenvalue weighted by atomic mass is 35.5. The molecule has 0 atom stereocenters. The third kappa shape index (κ3) is 1.43. The molecule has 1 aromatic carbocycles. The van der Waals surface area contributed by atoms with Crippen LogP contribution in [0.4, 0.5) is 0 Å². The molecule has 0 unspecified atom stereocenters. The normalized spacial score (nSPS) is 9.92. The van der Waals surface area contributed by atoms with Crippen molar-refractivity contribution in [1.82, 2.24) is 0 Å². The maximum absolute atomic E-state index is 10.6. The van der Waals surface area contributed by atoms with Crippen molar-refractivity contribution in [3.63, 3.8) is 0 Å². The van der Waals surface area contributed by atoms with Crippen LogP contribution < -0.4 is 0 Å². The molecule has 0 aliphatic rings. The van der Waals surface area contributed by atoms with Crippen molar-refractivity contribution in [3.05, 3.63) is 33.8 Å². The predicted molar refractivity (Wildman–Crippen MR) is 47.9 cm³/mol. The average Bonchev–Trinajstić information content (AvgIpc) is 2.00. The molecular formula is C9H9ClO2. The van der Waals surface area contributed by atoms with Crippen LogP contribution in [0.3, 0.4) is 0 Å². The molecule has 0 aromatic heterocycles. The Labute approximate surface area is 75.8 Å². The zero-order valence-corrected chi connectivity index (χ0v) is 7.64. The Balaban J connectivity index is 3.36. The lowest BCUT2D eigenvalue weighted by molar-refractivity contribution is 0.0696. The summed E-state index contributed by atoms with van der Waals surface area (Å²) in [6.45, 7) is 3.56. The summed E-state index contributed by atoms with van der Waals surface area (Å²) in [4.78, 5) is 10.6. The highest BCUT2D eigenvalue weighted by molar-refractivity contribution is 6.32. The third-order valence-electron chi connectivity index (χ3n) is 1.81. The van der Waals surface area contributed by atoms with Crippen LogP contribution in [0.15, 0.2) is 12.1 Å². The molecule has 0 heterocycles. The van der Waals surface area contributed by atoms with Gasteiger partial charge in [0.2, 0.25) is 0 Å². The summed E-state index contributed by atoms with van der Waals surface area (Å²) in [5.74, 6) is -0.936. The monoisotopic (exact) mass is 184 g/mol. The second-order valence-electron chi connectivity index (χ2n) is 2.67. The molecule has 0 spiro atoms. The third-order valence-corrected chi connectivity index (χ3v) is 2.39. The number of carbonyl (C=O) groups is 1. The molecule has 64 valence electrons. The number of rotatable bonds is 1. The van der Waals surface area contributed by atoms with Gasteiger partial charge in [0.1, 0.15) is 0 Å². The Bertz CT molecular complexity index is 332. The van der Waals surface area contributed by atoms with Gasteiger partial charge < -0.3 is 5.11 Å². The van der Waals surface area contributed by atoms with E-state index < -0.39 is 5.97 Å². The Kier molecular flexibility index (Phi) is 2.38. The van der Waals surface area contributed by atoms with Gasteiger partial charge in [-0.25, -0.2) is 4.79 Å². The molecule has 12 heavy (non-hydrogen) atoms. The lowest BCUT2D eigenvalue weighted by Crippen LogP contribution is -2.00. The molecule has 0 aliphatic carbocycles. The van der Waals surface area contributed by atoms with Crippen molar-refractivity contribution >= 4 is 17.6 Å². The molecule has 1 aromatic rings. The fourth-order valence-electron chi connectivity index (χ4n) is 1.05. The zero-order chi connectivity index (χ0) is 9.30. The van der Waals surface area contributed by atoms with Gasteiger partial charge in [-0.15, -0.1) is 0 Å². The molecule has 0 saturated carbocycles. The minimum atomic E-state index is -0.936. The van der Waals surface area contributed by atoms with E-state index in [1.165, 1.54) is 0 Å². The Morgan fingerprint density at radius 1 is 1.42 bits per heavy atom. The van der Waals surface area contributed by atoms with Crippen molar-refractivity contribution in [2.75, 3.05) is 0 Å². The lowest BCUT2D eigenvalue weighted by Gasteiger charge is -2.04. The van der Waals surface area contributed by atoms with Crippen LogP contribution in [0.1, 0.15) is 21.5 Å². The number of carboxylic acid groups (broad SMARTS) is 1. The molecule has 0 radical (unpaired) electrons. The van der Waals surface area contributed by atoms with Gasteiger partial charge in [-0.2, -0.15) is 0 Å². The van der Waals surface area contributed by atoms with Gasteiger partial charge in [0.15, 0.2) is 0 Å². The summed E-state index contributed by atoms with van der Waals surface area (Å²) in [5, 5.41) is 9.26. The number of aryl methyl sites for hydroxylation is 1. The van der Waals surface area contributed by atoms with E-state index in [9.17, 15) is 4.79 Å². The second kappa shape index (κ2) is 3.15. The topological polar surface area (TPSA) is 37.3 Å². The van der Waals surface area contributed by atoms with Gasteiger partial charge in [0.25, 0.3) is 0 Å². The van der Waals surface area contributed by atoms with Crippen molar-refractivity contribution in [2.45, 2.75) is 13.8 Å². The largest absolute Gasteiger partial charge is 0.478 e. The molecule has 2 nitrogen and oxygen atoms in total. The molecule has 1 N–H and O–H groups in total. The van der Waals surface area contributed by atoms with Gasteiger partial charge in [-0.05, 0) is 31.0 Å². The first kappa shape index (κ1) is 9.07. The first-order valence-electron chi connectivity index (χ1n) is 3.53. The van der Waals surface area contributed by atoms with Crippen molar-refractivity contribution in [2.24, 2.45) is 0 Å². The van der Waals surface area contributed by atoms with Crippen LogP contribution in [0.2, 0.25) is 5.02 Å². The first-order valence-corrected chi connectivity index (χ1v) is 3.91. The number of hydrogen-bond acceptors (Lipinski definition) is 1. The van der Waals surface area contributed by atoms with E-state index >= 15 is 0 Å². The molecular weight excluding hydrogens is 176 g/mol. The molecule has 3 heteroatoms. The van der Waals surface area contributed by atoms with Crippen LogP contribution in [-0.2, 0) is 0 Å². The molecule has 0 aliphatic heterocycles. The predicted octanol–water partition coefficient (Wildman–Crippen LogP) is 2.66. The Morgan fingerprint density at radius 2 is 2.00 bits per heavy atom. The quantitative estimate of drug-likeness (QED) is 0.729. The second-order valence-corrected chi connectivity index (χ2v) is 3.05. The number of hydrogen-bond donors (Lipinski definition) is 1. The van der Waals surface area contributed by atoms with E-state index in [0.717, 1.165) is 5.56 Å². The fraction of sp³-hybridized carbons (Fsp3) is 0.222. The standard InChI is InChI=1S/C9H9ClO2/c1-5-3-4-7(9(11)12)6(2)8(5)10/h3-4H,1-2H3,(H,11,12). The van der Waals surface area contributed by atoms with Crippen molar-refractivity contribution in [3.8, 4) is 0 Å². The minimum absolute atomic E-state index is 0.269. The van der Waals surface area contributed by atoms with E-state index in [-0.39, 0.29) is 5.56 Å². The first-order chi connectivity index (χ1) is 5.54. The number of halogens is 1. The fourth-order valence-corrected chi connectivity index (χ4v) is 1.22. The molecule has 0 saturated heterocycles. The van der Waals surface area contributed by atoms with E-state index in [0.29, 0.717) is 10.6 Å². The van der Waals surface area contributed by atoms with Gasteiger partial charge >= 0.3 is 5.97 Å². The summed E-state index contributed by atoms with van der Waals surface area (Å²) < 4.78 is 0. The van der Waals surface area contributed by atoms with E-state index in [2.05, 4.69) is 0 Å². The summed E-state index contributed by atoms with van der Waals surface area (Å²) in [7, 11) is 0. The highest BCUT2D eigenvalue weighted by Gasteiger charge is 2.10. The number of carboxylic acids is 1. The van der Waals surface area contributed by atoms with Gasteiger partial charge in [0.05, 0.1) is 5.56 Å². The highest BCUT2D eigenvalue weighted by Crippen LogP contribution is 2.22. The molecule has 0 bridgehead atoms. The van der Waals surface area contributed by atoms with Gasteiger partial charge in [0, 0.05) is 5.02 Å². The van der Waals surface area contributed by atoms with Gasteiger partial charge in [-0.1, -0.05) is 17.7 Å². The maximum Gasteiger partial charge on any atom is 0.336 e. The average molecular weight is 185 g/mol. The number of benzene rings is 1. The Morgan fingerprint density at radius 3 is 2.50 bits per heavy atom. The summed E-state index contributed by atoms with van der Waals surface area (Å²) >= 11 is 5.86. The SMILES string of the molecule is Cc1ccc(C(=O)O)c(C)c1Cl. The van der Waals surface area contributed by atoms with E-state index in [4.69, 9.17) is 16.7 Å². The van der Waals surface area contributed by atoms with Crippen LogP contribution >= 0.6 is 11.6 Å². The molecule has 1 rings (SSSR count). The van der Waals surface area contributed by atoms with Crippen LogP contribution in [0, 0.1) is 13.8 Å². The summed E-state index contributed by atoms with van der Waals surface area (Å²) in [5.41, 5.74) is 1.80. The smallest absolute Gasteiger partial charge is 0.336 e. The van der Waals surface area contributed by atoms with Crippen molar-refractivity contribution in [1.29, 1.82) is 0 Å².